The molecule has 0 aliphatic rings. The number of furan rings is 1. The fourth-order valence-electron chi connectivity index (χ4n) is 2.91. The van der Waals surface area contributed by atoms with Crippen LogP contribution in [0.4, 0.5) is 20.2 Å². The van der Waals surface area contributed by atoms with Crippen LogP contribution in [-0.4, -0.2) is 18.4 Å². The lowest BCUT2D eigenvalue weighted by Gasteiger charge is -2.09. The highest BCUT2D eigenvalue weighted by Crippen LogP contribution is 2.31. The molecule has 0 fully saturated rings. The molecule has 4 rings (SSSR count). The second kappa shape index (κ2) is 8.66. The van der Waals surface area contributed by atoms with E-state index in [0.717, 1.165) is 0 Å². The van der Waals surface area contributed by atoms with Crippen LogP contribution >= 0.6 is 0 Å². The largest absolute Gasteiger partial charge is 0.484 e. The van der Waals surface area contributed by atoms with Gasteiger partial charge in [0.05, 0.1) is 0 Å². The second-order valence-corrected chi connectivity index (χ2v) is 6.55. The van der Waals surface area contributed by atoms with Crippen molar-refractivity contribution in [2.45, 2.75) is 0 Å². The van der Waals surface area contributed by atoms with Gasteiger partial charge in [-0.15, -0.1) is 0 Å². The zero-order valence-corrected chi connectivity index (χ0v) is 16.0. The third-order valence-corrected chi connectivity index (χ3v) is 4.35. The Morgan fingerprint density at radius 1 is 0.839 bits per heavy atom. The molecule has 0 atom stereocenters. The van der Waals surface area contributed by atoms with Gasteiger partial charge in [0.25, 0.3) is 11.8 Å². The lowest BCUT2D eigenvalue weighted by molar-refractivity contribution is -0.118. The first-order chi connectivity index (χ1) is 15.0. The molecule has 0 saturated carbocycles. The molecule has 1 heterocycles. The van der Waals surface area contributed by atoms with Gasteiger partial charge in [-0.1, -0.05) is 12.1 Å². The van der Waals surface area contributed by atoms with Crippen molar-refractivity contribution in [2.75, 3.05) is 17.2 Å². The van der Waals surface area contributed by atoms with Crippen LogP contribution < -0.4 is 15.4 Å². The summed E-state index contributed by atoms with van der Waals surface area (Å²) in [4.78, 5) is 25.2. The third-order valence-electron chi connectivity index (χ3n) is 4.35. The van der Waals surface area contributed by atoms with Gasteiger partial charge >= 0.3 is 0 Å². The second-order valence-electron chi connectivity index (χ2n) is 6.55. The molecule has 0 unspecified atom stereocenters. The number of amides is 2. The molecule has 1 aromatic heterocycles. The molecule has 0 saturated heterocycles. The quantitative estimate of drug-likeness (QED) is 0.459. The van der Waals surface area contributed by atoms with Gasteiger partial charge in [0.15, 0.2) is 6.61 Å². The highest BCUT2D eigenvalue weighted by Gasteiger charge is 2.22. The van der Waals surface area contributed by atoms with E-state index in [1.54, 1.807) is 24.3 Å². The topological polar surface area (TPSA) is 80.6 Å². The molecule has 0 aliphatic heterocycles. The SMILES string of the molecule is O=C(COc1ccc(F)cc1)Nc1c(C(=O)Nc2ccc(F)cc2)oc2ccccc12. The number of carbonyl (C=O) groups excluding carboxylic acids is 2. The maximum absolute atomic E-state index is 13.1. The number of rotatable bonds is 6. The summed E-state index contributed by atoms with van der Waals surface area (Å²) in [7, 11) is 0. The molecule has 0 aliphatic carbocycles. The monoisotopic (exact) mass is 422 g/mol. The van der Waals surface area contributed by atoms with E-state index in [9.17, 15) is 18.4 Å². The number of nitrogens with one attached hydrogen (secondary N) is 2. The van der Waals surface area contributed by atoms with E-state index in [4.69, 9.17) is 9.15 Å². The average molecular weight is 422 g/mol. The van der Waals surface area contributed by atoms with Gasteiger partial charge in [0.1, 0.15) is 28.7 Å². The van der Waals surface area contributed by atoms with E-state index < -0.39 is 23.4 Å². The Hall–Kier alpha value is -4.20. The highest BCUT2D eigenvalue weighted by atomic mass is 19.1. The number of anilines is 2. The van der Waals surface area contributed by atoms with Gasteiger partial charge in [-0.2, -0.15) is 0 Å². The zero-order valence-electron chi connectivity index (χ0n) is 16.0. The molecule has 2 amide bonds. The van der Waals surface area contributed by atoms with E-state index in [1.165, 1.54) is 48.5 Å². The van der Waals surface area contributed by atoms with Crippen LogP contribution in [-0.2, 0) is 4.79 Å². The molecule has 4 aromatic rings. The number of hydrogen-bond acceptors (Lipinski definition) is 4. The number of ether oxygens (including phenoxy) is 1. The predicted molar refractivity (Wildman–Crippen MR) is 111 cm³/mol. The maximum atomic E-state index is 13.1. The van der Waals surface area contributed by atoms with Gasteiger partial charge < -0.3 is 19.8 Å². The van der Waals surface area contributed by atoms with Gasteiger partial charge in [0, 0.05) is 11.1 Å². The Balaban J connectivity index is 1.54. The number of carbonyl (C=O) groups is 2. The van der Waals surface area contributed by atoms with Crippen LogP contribution in [0.25, 0.3) is 11.0 Å². The Morgan fingerprint density at radius 3 is 2.19 bits per heavy atom. The summed E-state index contributed by atoms with van der Waals surface area (Å²) in [6, 6.07) is 17.3. The summed E-state index contributed by atoms with van der Waals surface area (Å²) in [6.07, 6.45) is 0. The van der Waals surface area contributed by atoms with Crippen molar-refractivity contribution >= 4 is 34.2 Å². The minimum Gasteiger partial charge on any atom is -0.484 e. The fraction of sp³-hybridized carbons (Fsp3) is 0.0435. The van der Waals surface area contributed by atoms with Crippen LogP contribution in [0, 0.1) is 11.6 Å². The van der Waals surface area contributed by atoms with Gasteiger partial charge in [-0.3, -0.25) is 9.59 Å². The van der Waals surface area contributed by atoms with E-state index >= 15 is 0 Å². The van der Waals surface area contributed by atoms with Crippen LogP contribution in [0.5, 0.6) is 5.75 Å². The summed E-state index contributed by atoms with van der Waals surface area (Å²) < 4.78 is 37.1. The Kier molecular flexibility index (Phi) is 5.61. The molecule has 8 heteroatoms. The molecule has 156 valence electrons. The number of para-hydroxylation sites is 1. The first-order valence-electron chi connectivity index (χ1n) is 9.26. The molecule has 0 bridgehead atoms. The van der Waals surface area contributed by atoms with Gasteiger partial charge in [-0.05, 0) is 60.7 Å². The molecule has 0 spiro atoms. The van der Waals surface area contributed by atoms with Gasteiger partial charge in [-0.25, -0.2) is 8.78 Å². The van der Waals surface area contributed by atoms with Crippen molar-refractivity contribution in [3.8, 4) is 5.75 Å². The molecule has 2 N–H and O–H groups in total. The summed E-state index contributed by atoms with van der Waals surface area (Å²) in [6.45, 7) is -0.357. The average Bonchev–Trinajstić information content (AvgIpc) is 3.13. The first kappa shape index (κ1) is 20.1. The first-order valence-corrected chi connectivity index (χ1v) is 9.26. The van der Waals surface area contributed by atoms with Crippen molar-refractivity contribution in [1.82, 2.24) is 0 Å². The lowest BCUT2D eigenvalue weighted by atomic mass is 10.2. The third kappa shape index (κ3) is 4.69. The number of halogens is 2. The predicted octanol–water partition coefficient (Wildman–Crippen LogP) is 4.98. The lowest BCUT2D eigenvalue weighted by Crippen LogP contribution is -2.22. The Labute approximate surface area is 175 Å². The van der Waals surface area contributed by atoms with Crippen molar-refractivity contribution in [3.05, 3.63) is 90.2 Å². The molecule has 0 radical (unpaired) electrons. The number of benzene rings is 3. The standard InChI is InChI=1S/C23H16F2N2O4/c24-14-5-9-16(10-6-14)26-23(29)22-21(18-3-1-2-4-19(18)31-22)27-20(28)13-30-17-11-7-15(25)8-12-17/h1-12H,13H2,(H,26,29)(H,27,28). The van der Waals surface area contributed by atoms with Crippen molar-refractivity contribution < 1.29 is 27.5 Å². The summed E-state index contributed by atoms with van der Waals surface area (Å²) in [5.41, 5.74) is 0.952. The van der Waals surface area contributed by atoms with Gasteiger partial charge in [0.2, 0.25) is 5.76 Å². The van der Waals surface area contributed by atoms with Crippen molar-refractivity contribution in [3.63, 3.8) is 0 Å². The van der Waals surface area contributed by atoms with Crippen LogP contribution in [0.2, 0.25) is 0 Å². The molecule has 6 nitrogen and oxygen atoms in total. The summed E-state index contributed by atoms with van der Waals surface area (Å²) in [5.74, 6) is -1.79. The van der Waals surface area contributed by atoms with Crippen molar-refractivity contribution in [2.24, 2.45) is 0 Å². The van der Waals surface area contributed by atoms with Crippen molar-refractivity contribution in [1.29, 1.82) is 0 Å². The smallest absolute Gasteiger partial charge is 0.293 e. The maximum Gasteiger partial charge on any atom is 0.293 e. The minimum atomic E-state index is -0.613. The van der Waals surface area contributed by atoms with Crippen LogP contribution in [0.15, 0.2) is 77.2 Å². The number of fused-ring (bicyclic) bond motifs is 1. The number of hydrogen-bond donors (Lipinski definition) is 2. The Morgan fingerprint density at radius 2 is 1.48 bits per heavy atom. The van der Waals surface area contributed by atoms with Crippen LogP contribution in [0.1, 0.15) is 10.6 Å². The summed E-state index contributed by atoms with van der Waals surface area (Å²) >= 11 is 0. The van der Waals surface area contributed by atoms with E-state index in [1.807, 2.05) is 0 Å². The normalized spacial score (nSPS) is 10.6. The Bertz CT molecular complexity index is 1230. The van der Waals surface area contributed by atoms with E-state index in [2.05, 4.69) is 10.6 Å². The minimum absolute atomic E-state index is 0.111. The van der Waals surface area contributed by atoms with E-state index in [-0.39, 0.29) is 18.1 Å². The zero-order chi connectivity index (χ0) is 21.8. The van der Waals surface area contributed by atoms with E-state index in [0.29, 0.717) is 22.4 Å². The molecular weight excluding hydrogens is 406 g/mol. The highest BCUT2D eigenvalue weighted by molar-refractivity contribution is 6.14. The molecule has 3 aromatic carbocycles. The summed E-state index contributed by atoms with van der Waals surface area (Å²) in [5, 5.41) is 5.77. The fourth-order valence-corrected chi connectivity index (χ4v) is 2.91. The van der Waals surface area contributed by atoms with Crippen LogP contribution in [0.3, 0.4) is 0 Å². The molecular formula is C23H16F2N2O4. The molecule has 31 heavy (non-hydrogen) atoms.